The molecule has 0 atom stereocenters. The van der Waals surface area contributed by atoms with Gasteiger partial charge in [0.2, 0.25) is 0 Å². The second kappa shape index (κ2) is 164. The molecule has 0 fully saturated rings. The van der Waals surface area contributed by atoms with Gasteiger partial charge in [0, 0.05) is 0 Å². The lowest BCUT2D eigenvalue weighted by Gasteiger charge is -1.68. The molecule has 0 bridgehead atoms. The molecule has 1 heteroatoms. The third-order valence-corrected chi connectivity index (χ3v) is 0.500. The molecule has 13 heavy (non-hydrogen) atoms. The first kappa shape index (κ1) is 29.3. The van der Waals surface area contributed by atoms with Crippen molar-refractivity contribution in [3.63, 3.8) is 0 Å². The van der Waals surface area contributed by atoms with Crippen molar-refractivity contribution < 1.29 is 0 Å². The van der Waals surface area contributed by atoms with Gasteiger partial charge >= 0.3 is 0 Å². The normalized spacial score (nSPS) is 5.08. The van der Waals surface area contributed by atoms with Gasteiger partial charge < -0.3 is 5.73 Å². The van der Waals surface area contributed by atoms with Crippen molar-refractivity contribution in [2.75, 3.05) is 6.54 Å². The molecule has 88 valence electrons. The number of hydrogen-bond acceptors (Lipinski definition) is 1. The van der Waals surface area contributed by atoms with Crippen LogP contribution in [0.4, 0.5) is 0 Å². The zero-order chi connectivity index (χ0) is 12.1. The molecule has 0 aromatic heterocycles. The van der Waals surface area contributed by atoms with Crippen molar-refractivity contribution in [3.8, 4) is 0 Å². The maximum Gasteiger partial charge on any atom is -0.0106 e. The van der Waals surface area contributed by atoms with E-state index >= 15 is 0 Å². The van der Waals surface area contributed by atoms with Crippen LogP contribution in [0.25, 0.3) is 0 Å². The molecule has 0 aliphatic carbocycles. The van der Waals surface area contributed by atoms with Crippen molar-refractivity contribution in [3.05, 3.63) is 0 Å². The zero-order valence-electron chi connectivity index (χ0n) is 11.7. The van der Waals surface area contributed by atoms with E-state index < -0.39 is 0 Å². The Kier molecular flexibility index (Phi) is 369. The van der Waals surface area contributed by atoms with Crippen LogP contribution in [-0.2, 0) is 0 Å². The third kappa shape index (κ3) is 1290. The van der Waals surface area contributed by atoms with Crippen LogP contribution < -0.4 is 5.73 Å². The summed E-state index contributed by atoms with van der Waals surface area (Å²) in [5.41, 5.74) is 4.85. The van der Waals surface area contributed by atoms with Gasteiger partial charge in [-0.1, -0.05) is 75.2 Å². The van der Waals surface area contributed by atoms with Gasteiger partial charge in [0.25, 0.3) is 0 Å². The number of unbranched alkanes of at least 4 members (excludes halogenated alkanes) is 1. The highest BCUT2D eigenvalue weighted by Gasteiger charge is 1.56. The molecular formula is C12H35N. The van der Waals surface area contributed by atoms with E-state index in [0.717, 1.165) is 6.54 Å². The number of rotatable bonds is 1. The molecule has 0 amide bonds. The molecule has 0 saturated carbocycles. The number of hydrogen-bond donors (Lipinski definition) is 1. The van der Waals surface area contributed by atoms with Crippen LogP contribution in [0.3, 0.4) is 0 Å². The van der Waals surface area contributed by atoms with Crippen LogP contribution in [0.1, 0.15) is 75.2 Å². The van der Waals surface area contributed by atoms with Crippen molar-refractivity contribution in [1.29, 1.82) is 0 Å². The quantitative estimate of drug-likeness (QED) is 0.633. The van der Waals surface area contributed by atoms with E-state index in [1.54, 1.807) is 0 Å². The first-order valence-electron chi connectivity index (χ1n) is 6.03. The Morgan fingerprint density at radius 1 is 0.615 bits per heavy atom. The molecule has 0 heterocycles. The van der Waals surface area contributed by atoms with Crippen LogP contribution in [0.15, 0.2) is 0 Å². The molecule has 0 aromatic rings. The maximum atomic E-state index is 4.85. The monoisotopic (exact) mass is 193 g/mol. The minimum atomic E-state index is 0.750. The van der Waals surface area contributed by atoms with Crippen molar-refractivity contribution in [2.45, 2.75) is 75.2 Å². The van der Waals surface area contributed by atoms with Gasteiger partial charge in [-0.15, -0.1) is 0 Å². The predicted octanol–water partition coefficient (Wildman–Crippen LogP) is 4.85. The molecule has 0 rings (SSSR count). The molecule has 0 aromatic carbocycles. The highest BCUT2D eigenvalue weighted by atomic mass is 14.5. The average Bonchev–Trinajstić information content (AvgIpc) is 2.27. The molecule has 0 aliphatic heterocycles. The molecule has 0 spiro atoms. The van der Waals surface area contributed by atoms with E-state index in [1.165, 1.54) is 12.8 Å². The Morgan fingerprint density at radius 3 is 0.692 bits per heavy atom. The maximum absolute atomic E-state index is 4.85. The van der Waals surface area contributed by atoms with Crippen molar-refractivity contribution >= 4 is 0 Å². The summed E-state index contributed by atoms with van der Waals surface area (Å²) in [5.74, 6) is 0. The van der Waals surface area contributed by atoms with E-state index in [0.29, 0.717) is 0 Å². The second-order valence-electron chi connectivity index (χ2n) is 1.41. The summed E-state index contributed by atoms with van der Waals surface area (Å²) in [6.45, 7) is 19.0. The Balaban J connectivity index is -0.0000000215. The molecule has 1 nitrogen and oxygen atoms in total. The number of nitrogens with two attached hydrogens (primary N) is 1. The van der Waals surface area contributed by atoms with Gasteiger partial charge in [0.05, 0.1) is 0 Å². The van der Waals surface area contributed by atoms with Gasteiger partial charge in [-0.05, 0) is 6.54 Å². The summed E-state index contributed by atoms with van der Waals surface area (Å²) in [4.78, 5) is 0. The Morgan fingerprint density at radius 2 is 0.692 bits per heavy atom. The topological polar surface area (TPSA) is 26.0 Å². The highest BCUT2D eigenvalue weighted by molar-refractivity contribution is 4.12. The lowest BCUT2D eigenvalue weighted by Crippen LogP contribution is -1.87. The first-order chi connectivity index (χ1) is 6.33. The summed E-state index contributed by atoms with van der Waals surface area (Å²) in [7, 11) is 0. The minimum absolute atomic E-state index is 0.750. The van der Waals surface area contributed by atoms with Crippen LogP contribution >= 0.6 is 0 Å². The summed E-state index contributed by atoms with van der Waals surface area (Å²) < 4.78 is 0. The fourth-order valence-electron chi connectivity index (χ4n) is 0. The lowest BCUT2D eigenvalue weighted by molar-refractivity contribution is 0.886. The lowest BCUT2D eigenvalue weighted by atomic mass is 10.4. The highest BCUT2D eigenvalue weighted by Crippen LogP contribution is 1.76. The summed E-state index contributed by atoms with van der Waals surface area (Å²) >= 11 is 0. The Labute approximate surface area is 88.1 Å². The summed E-state index contributed by atoms with van der Waals surface area (Å²) in [5, 5.41) is 0. The van der Waals surface area contributed by atoms with E-state index in [-0.39, 0.29) is 0 Å². The Bertz CT molecular complexity index is 12.6. The van der Waals surface area contributed by atoms with Gasteiger partial charge in [-0.25, -0.2) is 0 Å². The average molecular weight is 193 g/mol. The summed E-state index contributed by atoms with van der Waals surface area (Å²) in [6.07, 6.45) is 2.64. The van der Waals surface area contributed by atoms with E-state index in [1.807, 2.05) is 48.5 Å². The standard InChI is InChI=1S/C4H10.C2H7N.3C2H6/c1-3-4-2;1-2-3;3*1-2/h3-4H2,1-2H3;2-3H2,1H3;3*1-2H3. The fourth-order valence-corrected chi connectivity index (χ4v) is 0. The van der Waals surface area contributed by atoms with Gasteiger partial charge in [0.15, 0.2) is 0 Å². The zero-order valence-corrected chi connectivity index (χ0v) is 11.7. The molecule has 2 N–H and O–H groups in total. The minimum Gasteiger partial charge on any atom is -0.331 e. The molecule has 0 radical (unpaired) electrons. The predicted molar refractivity (Wildman–Crippen MR) is 69.4 cm³/mol. The molecule has 0 saturated heterocycles. The van der Waals surface area contributed by atoms with Crippen LogP contribution in [0, 0.1) is 0 Å². The molecular weight excluding hydrogens is 158 g/mol. The van der Waals surface area contributed by atoms with Crippen molar-refractivity contribution in [1.82, 2.24) is 0 Å². The SMILES string of the molecule is CC.CC.CC.CCCC.CCN. The Hall–Kier alpha value is -0.0400. The first-order valence-corrected chi connectivity index (χ1v) is 6.03. The second-order valence-corrected chi connectivity index (χ2v) is 1.41. The van der Waals surface area contributed by atoms with Gasteiger partial charge in [-0.3, -0.25) is 0 Å². The molecule has 0 aliphatic rings. The fraction of sp³-hybridized carbons (Fsp3) is 1.00. The van der Waals surface area contributed by atoms with Gasteiger partial charge in [-0.2, -0.15) is 0 Å². The largest absolute Gasteiger partial charge is 0.331 e. The summed E-state index contributed by atoms with van der Waals surface area (Å²) in [6, 6.07) is 0. The molecule has 0 unspecified atom stereocenters. The smallest absolute Gasteiger partial charge is 0.0106 e. The third-order valence-electron chi connectivity index (χ3n) is 0.500. The van der Waals surface area contributed by atoms with Crippen LogP contribution in [-0.4, -0.2) is 6.54 Å². The van der Waals surface area contributed by atoms with Crippen molar-refractivity contribution in [2.24, 2.45) is 5.73 Å². The van der Waals surface area contributed by atoms with E-state index in [9.17, 15) is 0 Å². The van der Waals surface area contributed by atoms with E-state index in [2.05, 4.69) is 13.8 Å². The van der Waals surface area contributed by atoms with E-state index in [4.69, 9.17) is 5.73 Å². The van der Waals surface area contributed by atoms with Crippen LogP contribution in [0.2, 0.25) is 0 Å². The van der Waals surface area contributed by atoms with Crippen LogP contribution in [0.5, 0.6) is 0 Å². The van der Waals surface area contributed by atoms with Gasteiger partial charge in [0.1, 0.15) is 0 Å².